The molecule has 0 saturated carbocycles. The molecule has 1 fully saturated rings. The first kappa shape index (κ1) is 9.81. The number of halogens is 1. The van der Waals surface area contributed by atoms with E-state index in [-0.39, 0.29) is 17.9 Å². The Hall–Kier alpha value is -0.190. The molecule has 2 heteroatoms. The zero-order valence-electron chi connectivity index (χ0n) is 6.55. The average molecular weight is 160 g/mol. The third-order valence-corrected chi connectivity index (χ3v) is 2.31. The Kier molecular flexibility index (Phi) is 3.21. The molecule has 0 N–H and O–H groups in total. The predicted molar refractivity (Wildman–Crippen MR) is 46.4 cm³/mol. The van der Waals surface area contributed by atoms with Crippen LogP contribution in [0.3, 0.4) is 0 Å². The summed E-state index contributed by atoms with van der Waals surface area (Å²) in [6.07, 6.45) is 7.77. The molecule has 1 nitrogen and oxygen atoms in total. The van der Waals surface area contributed by atoms with Crippen molar-refractivity contribution in [3.63, 3.8) is 0 Å². The van der Waals surface area contributed by atoms with Crippen LogP contribution in [0.5, 0.6) is 0 Å². The van der Waals surface area contributed by atoms with Crippen molar-refractivity contribution < 1.29 is 0 Å². The quantitative estimate of drug-likeness (QED) is 0.485. The Bertz CT molecular complexity index is 150. The molecule has 58 valence electrons. The van der Waals surface area contributed by atoms with Crippen LogP contribution in [0, 0.1) is 12.3 Å². The Balaban J connectivity index is 0.000000810. The van der Waals surface area contributed by atoms with Crippen LogP contribution in [-0.2, 0) is 0 Å². The summed E-state index contributed by atoms with van der Waals surface area (Å²) in [5.41, 5.74) is 0.0556. The summed E-state index contributed by atoms with van der Waals surface area (Å²) < 4.78 is 0. The average Bonchev–Trinajstić information content (AvgIpc) is 2.15. The molecule has 0 bridgehead atoms. The van der Waals surface area contributed by atoms with Gasteiger partial charge in [-0.15, -0.1) is 18.8 Å². The van der Waals surface area contributed by atoms with Gasteiger partial charge >= 0.3 is 0 Å². The van der Waals surface area contributed by atoms with Gasteiger partial charge in [0.05, 0.1) is 5.54 Å². The van der Waals surface area contributed by atoms with Crippen molar-refractivity contribution in [2.45, 2.75) is 25.3 Å². The van der Waals surface area contributed by atoms with E-state index in [0.717, 1.165) is 13.0 Å². The fourth-order valence-electron chi connectivity index (χ4n) is 1.28. The summed E-state index contributed by atoms with van der Waals surface area (Å²) in [5.74, 6) is 2.82. The highest BCUT2D eigenvalue weighted by atomic mass is 35.5. The van der Waals surface area contributed by atoms with Gasteiger partial charge in [0.2, 0.25) is 0 Å². The highest BCUT2D eigenvalue weighted by Crippen LogP contribution is 2.25. The van der Waals surface area contributed by atoms with E-state index in [9.17, 15) is 0 Å². The number of hydrogen-bond donors (Lipinski definition) is 0. The van der Waals surface area contributed by atoms with Gasteiger partial charge in [0, 0.05) is 0 Å². The van der Waals surface area contributed by atoms with E-state index >= 15 is 0 Å². The molecule has 0 amide bonds. The summed E-state index contributed by atoms with van der Waals surface area (Å²) in [7, 11) is 2.09. The predicted octanol–water partition coefficient (Wildman–Crippen LogP) is 1.53. The summed E-state index contributed by atoms with van der Waals surface area (Å²) in [4.78, 5) is 2.24. The Labute approximate surface area is 69.2 Å². The molecule has 0 aromatic heterocycles. The lowest BCUT2D eigenvalue weighted by molar-refractivity contribution is 0.262. The molecule has 0 aromatic rings. The van der Waals surface area contributed by atoms with Crippen LogP contribution in [0.2, 0.25) is 0 Å². The summed E-state index contributed by atoms with van der Waals surface area (Å²) in [6, 6.07) is 0. The molecular formula is C8H14ClN. The van der Waals surface area contributed by atoms with Crippen LogP contribution in [0.1, 0.15) is 19.8 Å². The van der Waals surface area contributed by atoms with Crippen LogP contribution >= 0.6 is 12.4 Å². The number of nitrogens with zero attached hydrogens (tertiary/aromatic N) is 1. The highest BCUT2D eigenvalue weighted by Gasteiger charge is 2.31. The smallest absolute Gasteiger partial charge is 0.0792 e. The van der Waals surface area contributed by atoms with Gasteiger partial charge in [0.1, 0.15) is 0 Å². The molecule has 0 spiro atoms. The SMILES string of the molecule is C#C[C@@]1(C)CCCN1C.Cl. The lowest BCUT2D eigenvalue weighted by atomic mass is 10.0. The topological polar surface area (TPSA) is 3.24 Å². The maximum absolute atomic E-state index is 5.37. The first-order valence-electron chi connectivity index (χ1n) is 3.38. The fourth-order valence-corrected chi connectivity index (χ4v) is 1.28. The summed E-state index contributed by atoms with van der Waals surface area (Å²) in [6.45, 7) is 3.28. The van der Waals surface area contributed by atoms with Gasteiger partial charge in [0.25, 0.3) is 0 Å². The van der Waals surface area contributed by atoms with E-state index < -0.39 is 0 Å². The maximum atomic E-state index is 5.37. The standard InChI is InChI=1S/C8H13N.ClH/c1-4-8(2)6-5-7-9(8)3;/h1H,5-7H2,2-3H3;1H/t8-;/m0./s1. The van der Waals surface area contributed by atoms with Crippen molar-refractivity contribution in [2.24, 2.45) is 0 Å². The lowest BCUT2D eigenvalue weighted by Gasteiger charge is -2.25. The van der Waals surface area contributed by atoms with Gasteiger partial charge in [-0.25, -0.2) is 0 Å². The van der Waals surface area contributed by atoms with E-state index in [1.165, 1.54) is 6.42 Å². The van der Waals surface area contributed by atoms with Gasteiger partial charge in [0.15, 0.2) is 0 Å². The van der Waals surface area contributed by atoms with Gasteiger partial charge in [-0.2, -0.15) is 0 Å². The third-order valence-electron chi connectivity index (χ3n) is 2.31. The van der Waals surface area contributed by atoms with Crippen LogP contribution in [0.25, 0.3) is 0 Å². The van der Waals surface area contributed by atoms with Crippen molar-refractivity contribution in [1.82, 2.24) is 4.90 Å². The Morgan fingerprint density at radius 3 is 2.40 bits per heavy atom. The first-order chi connectivity index (χ1) is 4.19. The molecule has 1 aliphatic rings. The molecule has 0 radical (unpaired) electrons. The largest absolute Gasteiger partial charge is 0.291 e. The monoisotopic (exact) mass is 159 g/mol. The molecule has 0 aromatic carbocycles. The number of hydrogen-bond acceptors (Lipinski definition) is 1. The van der Waals surface area contributed by atoms with Crippen molar-refractivity contribution in [2.75, 3.05) is 13.6 Å². The molecule has 1 rings (SSSR count). The number of likely N-dealkylation sites (tertiary alicyclic amines) is 1. The molecule has 1 atom stereocenters. The second-order valence-corrected chi connectivity index (χ2v) is 2.94. The van der Waals surface area contributed by atoms with E-state index in [2.05, 4.69) is 24.8 Å². The summed E-state index contributed by atoms with van der Waals surface area (Å²) >= 11 is 0. The van der Waals surface area contributed by atoms with Crippen molar-refractivity contribution >= 4 is 12.4 Å². The zero-order chi connectivity index (χ0) is 6.91. The Morgan fingerprint density at radius 2 is 2.20 bits per heavy atom. The molecular weight excluding hydrogens is 146 g/mol. The van der Waals surface area contributed by atoms with E-state index in [0.29, 0.717) is 0 Å². The Morgan fingerprint density at radius 1 is 1.60 bits per heavy atom. The molecule has 1 saturated heterocycles. The normalized spacial score (nSPS) is 32.9. The lowest BCUT2D eigenvalue weighted by Crippen LogP contribution is -2.36. The van der Waals surface area contributed by atoms with Crippen molar-refractivity contribution in [3.05, 3.63) is 0 Å². The third kappa shape index (κ3) is 1.45. The molecule has 1 heterocycles. The van der Waals surface area contributed by atoms with Crippen LogP contribution in [0.15, 0.2) is 0 Å². The fraction of sp³-hybridized carbons (Fsp3) is 0.750. The van der Waals surface area contributed by atoms with Crippen LogP contribution in [-0.4, -0.2) is 24.0 Å². The molecule has 0 aliphatic carbocycles. The summed E-state index contributed by atoms with van der Waals surface area (Å²) in [5, 5.41) is 0. The molecule has 1 aliphatic heterocycles. The minimum Gasteiger partial charge on any atom is -0.291 e. The minimum absolute atomic E-state index is 0. The van der Waals surface area contributed by atoms with Crippen molar-refractivity contribution in [1.29, 1.82) is 0 Å². The minimum atomic E-state index is 0. The maximum Gasteiger partial charge on any atom is 0.0792 e. The van der Waals surface area contributed by atoms with Gasteiger partial charge < -0.3 is 0 Å². The second kappa shape index (κ2) is 3.27. The number of rotatable bonds is 0. The first-order valence-corrected chi connectivity index (χ1v) is 3.38. The van der Waals surface area contributed by atoms with E-state index in [1.807, 2.05) is 0 Å². The van der Waals surface area contributed by atoms with Gasteiger partial charge in [-0.1, -0.05) is 5.92 Å². The van der Waals surface area contributed by atoms with Crippen LogP contribution < -0.4 is 0 Å². The van der Waals surface area contributed by atoms with Gasteiger partial charge in [-0.3, -0.25) is 4.90 Å². The zero-order valence-corrected chi connectivity index (χ0v) is 7.37. The van der Waals surface area contributed by atoms with E-state index in [1.54, 1.807) is 0 Å². The highest BCUT2D eigenvalue weighted by molar-refractivity contribution is 5.85. The van der Waals surface area contributed by atoms with Crippen molar-refractivity contribution in [3.8, 4) is 12.3 Å². The molecule has 10 heavy (non-hydrogen) atoms. The number of terminal acetylenes is 1. The van der Waals surface area contributed by atoms with E-state index in [4.69, 9.17) is 6.42 Å². The van der Waals surface area contributed by atoms with Crippen LogP contribution in [0.4, 0.5) is 0 Å². The molecule has 0 unspecified atom stereocenters. The van der Waals surface area contributed by atoms with Gasteiger partial charge in [-0.05, 0) is 33.4 Å². The second-order valence-electron chi connectivity index (χ2n) is 2.94.